The second-order valence-corrected chi connectivity index (χ2v) is 4.83. The van der Waals surface area contributed by atoms with E-state index in [-0.39, 0.29) is 11.7 Å². The summed E-state index contributed by atoms with van der Waals surface area (Å²) in [6, 6.07) is 0.848. The number of amides is 1. The van der Waals surface area contributed by atoms with Crippen molar-refractivity contribution in [1.82, 2.24) is 4.90 Å². The van der Waals surface area contributed by atoms with Crippen molar-refractivity contribution in [2.24, 2.45) is 5.92 Å². The minimum absolute atomic E-state index is 0.194. The number of carboxylic acids is 1. The van der Waals surface area contributed by atoms with Gasteiger partial charge in [-0.05, 0) is 25.3 Å². The Morgan fingerprint density at radius 1 is 1.44 bits per heavy atom. The van der Waals surface area contributed by atoms with Gasteiger partial charge < -0.3 is 14.4 Å². The lowest BCUT2D eigenvalue weighted by molar-refractivity contribution is -0.142. The third-order valence-corrected chi connectivity index (χ3v) is 2.82. The molecule has 0 aromatic carbocycles. The zero-order valence-electron chi connectivity index (χ0n) is 11.1. The van der Waals surface area contributed by atoms with Crippen LogP contribution in [-0.2, 0) is 4.79 Å². The number of furan rings is 1. The molecule has 1 heterocycles. The van der Waals surface area contributed by atoms with Gasteiger partial charge in [-0.3, -0.25) is 4.79 Å². The van der Waals surface area contributed by atoms with Crippen LogP contribution in [0.2, 0.25) is 0 Å². The highest BCUT2D eigenvalue weighted by Crippen LogP contribution is 2.16. The summed E-state index contributed by atoms with van der Waals surface area (Å²) in [5.41, 5.74) is 0.709. The van der Waals surface area contributed by atoms with Crippen LogP contribution < -0.4 is 0 Å². The van der Waals surface area contributed by atoms with Gasteiger partial charge in [-0.1, -0.05) is 13.8 Å². The summed E-state index contributed by atoms with van der Waals surface area (Å²) in [5.74, 6) is -0.999. The number of likely N-dealkylation sites (N-methyl/N-ethyl adjacent to an activating group) is 1. The fourth-order valence-corrected chi connectivity index (χ4v) is 1.76. The first-order valence-corrected chi connectivity index (χ1v) is 5.88. The number of hydrogen-bond acceptors (Lipinski definition) is 3. The number of aryl methyl sites for hydroxylation is 1. The second kappa shape index (κ2) is 5.71. The van der Waals surface area contributed by atoms with Gasteiger partial charge in [-0.15, -0.1) is 0 Å². The normalized spacial score (nSPS) is 12.5. The first kappa shape index (κ1) is 14.3. The maximum atomic E-state index is 12.1. The largest absolute Gasteiger partial charge is 0.480 e. The van der Waals surface area contributed by atoms with Crippen LogP contribution in [0.1, 0.15) is 36.4 Å². The molecule has 5 heteroatoms. The van der Waals surface area contributed by atoms with Crippen molar-refractivity contribution in [3.05, 3.63) is 23.7 Å². The van der Waals surface area contributed by atoms with Crippen molar-refractivity contribution in [2.75, 3.05) is 7.05 Å². The maximum Gasteiger partial charge on any atom is 0.326 e. The smallest absolute Gasteiger partial charge is 0.326 e. The summed E-state index contributed by atoms with van der Waals surface area (Å²) < 4.78 is 5.10. The summed E-state index contributed by atoms with van der Waals surface area (Å²) in [6.45, 7) is 5.60. The molecule has 0 fully saturated rings. The van der Waals surface area contributed by atoms with E-state index in [1.807, 2.05) is 13.8 Å². The first-order chi connectivity index (χ1) is 8.34. The lowest BCUT2D eigenvalue weighted by atomic mass is 10.0. The van der Waals surface area contributed by atoms with Crippen molar-refractivity contribution in [3.63, 3.8) is 0 Å². The number of aliphatic carboxylic acids is 1. The summed E-state index contributed by atoms with van der Waals surface area (Å²) in [7, 11) is 1.49. The Bertz CT molecular complexity index is 436. The van der Waals surface area contributed by atoms with E-state index in [4.69, 9.17) is 4.42 Å². The molecule has 1 aromatic heterocycles. The van der Waals surface area contributed by atoms with E-state index in [1.165, 1.54) is 18.2 Å². The van der Waals surface area contributed by atoms with E-state index in [0.29, 0.717) is 12.0 Å². The Morgan fingerprint density at radius 3 is 2.44 bits per heavy atom. The molecule has 0 saturated carbocycles. The van der Waals surface area contributed by atoms with E-state index in [0.717, 1.165) is 0 Å². The number of carbonyl (C=O) groups is 2. The molecule has 1 unspecified atom stereocenters. The van der Waals surface area contributed by atoms with Crippen molar-refractivity contribution in [1.29, 1.82) is 0 Å². The molecule has 5 nitrogen and oxygen atoms in total. The van der Waals surface area contributed by atoms with Gasteiger partial charge in [0.2, 0.25) is 0 Å². The van der Waals surface area contributed by atoms with E-state index < -0.39 is 17.9 Å². The summed E-state index contributed by atoms with van der Waals surface area (Å²) in [4.78, 5) is 24.6. The van der Waals surface area contributed by atoms with Crippen LogP contribution in [0.3, 0.4) is 0 Å². The third-order valence-electron chi connectivity index (χ3n) is 2.82. The molecular formula is C13H19NO4. The van der Waals surface area contributed by atoms with Gasteiger partial charge in [0, 0.05) is 12.6 Å². The van der Waals surface area contributed by atoms with Gasteiger partial charge in [-0.25, -0.2) is 4.79 Å². The van der Waals surface area contributed by atoms with E-state index in [9.17, 15) is 14.7 Å². The average molecular weight is 253 g/mol. The monoisotopic (exact) mass is 253 g/mol. The Labute approximate surface area is 106 Å². The Morgan fingerprint density at radius 2 is 2.06 bits per heavy atom. The van der Waals surface area contributed by atoms with Gasteiger partial charge in [0.15, 0.2) is 5.76 Å². The molecule has 0 aliphatic rings. The molecule has 1 N–H and O–H groups in total. The van der Waals surface area contributed by atoms with E-state index in [2.05, 4.69) is 0 Å². The van der Waals surface area contributed by atoms with Crippen molar-refractivity contribution < 1.29 is 19.1 Å². The van der Waals surface area contributed by atoms with Crippen molar-refractivity contribution in [2.45, 2.75) is 33.2 Å². The summed E-state index contributed by atoms with van der Waals surface area (Å²) in [6.07, 6.45) is 1.84. The lowest BCUT2D eigenvalue weighted by Crippen LogP contribution is -2.43. The molecule has 0 spiro atoms. The predicted octanol–water partition coefficient (Wildman–Crippen LogP) is 2.16. The van der Waals surface area contributed by atoms with Crippen LogP contribution in [0.25, 0.3) is 0 Å². The van der Waals surface area contributed by atoms with E-state index in [1.54, 1.807) is 13.0 Å². The third kappa shape index (κ3) is 3.12. The zero-order chi connectivity index (χ0) is 13.9. The van der Waals surface area contributed by atoms with Crippen molar-refractivity contribution in [3.8, 4) is 0 Å². The summed E-state index contributed by atoms with van der Waals surface area (Å²) >= 11 is 0. The molecule has 0 radical (unpaired) electrons. The molecule has 18 heavy (non-hydrogen) atoms. The molecule has 0 bridgehead atoms. The highest BCUT2D eigenvalue weighted by Gasteiger charge is 2.29. The van der Waals surface area contributed by atoms with E-state index >= 15 is 0 Å². The number of carbonyl (C=O) groups excluding carboxylic acids is 1. The van der Waals surface area contributed by atoms with Gasteiger partial charge in [0.25, 0.3) is 5.91 Å². The Hall–Kier alpha value is -1.78. The molecule has 100 valence electrons. The van der Waals surface area contributed by atoms with Crippen LogP contribution in [-0.4, -0.2) is 35.0 Å². The minimum atomic E-state index is -0.997. The average Bonchev–Trinajstić information content (AvgIpc) is 2.69. The fourth-order valence-electron chi connectivity index (χ4n) is 1.76. The SMILES string of the molecule is Cc1ccoc1C(=O)N(C)C(CC(C)C)C(=O)O. The minimum Gasteiger partial charge on any atom is -0.480 e. The second-order valence-electron chi connectivity index (χ2n) is 4.83. The van der Waals surface area contributed by atoms with Crippen LogP contribution in [0.15, 0.2) is 16.7 Å². The molecule has 1 rings (SSSR count). The maximum absolute atomic E-state index is 12.1. The number of hydrogen-bond donors (Lipinski definition) is 1. The topological polar surface area (TPSA) is 70.8 Å². The van der Waals surface area contributed by atoms with Gasteiger partial charge >= 0.3 is 5.97 Å². The van der Waals surface area contributed by atoms with Crippen LogP contribution in [0, 0.1) is 12.8 Å². The standard InChI is InChI=1S/C13H19NO4/c1-8(2)7-10(13(16)17)14(4)12(15)11-9(3)5-6-18-11/h5-6,8,10H,7H2,1-4H3,(H,16,17). The first-order valence-electron chi connectivity index (χ1n) is 5.88. The molecule has 0 aliphatic carbocycles. The molecule has 1 amide bonds. The van der Waals surface area contributed by atoms with Gasteiger partial charge in [0.1, 0.15) is 6.04 Å². The van der Waals surface area contributed by atoms with Gasteiger partial charge in [-0.2, -0.15) is 0 Å². The number of nitrogens with zero attached hydrogens (tertiary/aromatic N) is 1. The molecule has 1 atom stereocenters. The Kier molecular flexibility index (Phi) is 4.53. The fraction of sp³-hybridized carbons (Fsp3) is 0.538. The van der Waals surface area contributed by atoms with Gasteiger partial charge in [0.05, 0.1) is 6.26 Å². The predicted molar refractivity (Wildman–Crippen MR) is 66.4 cm³/mol. The molecule has 0 saturated heterocycles. The highest BCUT2D eigenvalue weighted by atomic mass is 16.4. The Balaban J connectivity index is 2.90. The number of carboxylic acid groups (broad SMARTS) is 1. The molecule has 0 aliphatic heterocycles. The zero-order valence-corrected chi connectivity index (χ0v) is 11.1. The van der Waals surface area contributed by atoms with Crippen LogP contribution in [0.4, 0.5) is 0 Å². The van der Waals surface area contributed by atoms with Crippen LogP contribution >= 0.6 is 0 Å². The molecule has 1 aromatic rings. The van der Waals surface area contributed by atoms with Crippen molar-refractivity contribution >= 4 is 11.9 Å². The van der Waals surface area contributed by atoms with Crippen LogP contribution in [0.5, 0.6) is 0 Å². The summed E-state index contributed by atoms with van der Waals surface area (Å²) in [5, 5.41) is 9.18. The lowest BCUT2D eigenvalue weighted by Gasteiger charge is -2.25. The number of rotatable bonds is 5. The highest BCUT2D eigenvalue weighted by molar-refractivity contribution is 5.95. The molecular weight excluding hydrogens is 234 g/mol. The quantitative estimate of drug-likeness (QED) is 0.872.